The minimum atomic E-state index is -0.225. The van der Waals surface area contributed by atoms with Crippen LogP contribution >= 0.6 is 0 Å². The fraction of sp³-hybridized carbons (Fsp3) is 0.238. The molecule has 1 atom stereocenters. The summed E-state index contributed by atoms with van der Waals surface area (Å²) in [5.41, 5.74) is 4.62. The lowest BCUT2D eigenvalue weighted by Gasteiger charge is -2.16. The molecule has 0 saturated carbocycles. The van der Waals surface area contributed by atoms with Crippen LogP contribution in [0, 0.1) is 20.8 Å². The summed E-state index contributed by atoms with van der Waals surface area (Å²) in [5, 5.41) is 3.02. The topological polar surface area (TPSA) is 55.1 Å². The van der Waals surface area contributed by atoms with Gasteiger partial charge in [-0.2, -0.15) is 0 Å². The Hall–Kier alpha value is -2.88. The molecule has 0 aliphatic rings. The number of carbonyl (C=O) groups is 1. The van der Waals surface area contributed by atoms with Crippen LogP contribution in [0.4, 0.5) is 0 Å². The van der Waals surface area contributed by atoms with Crippen molar-refractivity contribution in [2.45, 2.75) is 33.7 Å². The summed E-state index contributed by atoms with van der Waals surface area (Å²) in [6.07, 6.45) is 0. The van der Waals surface area contributed by atoms with Gasteiger partial charge in [-0.05, 0) is 51.0 Å². The number of amides is 1. The van der Waals surface area contributed by atoms with Gasteiger partial charge in [0.1, 0.15) is 5.76 Å². The number of hydrogen-bond donors (Lipinski definition) is 1. The molecule has 0 saturated heterocycles. The molecule has 0 bridgehead atoms. The Labute approximate surface area is 147 Å². The van der Waals surface area contributed by atoms with Gasteiger partial charge in [-0.3, -0.25) is 4.79 Å². The maximum Gasteiger partial charge on any atom is 0.274 e. The minimum absolute atomic E-state index is 0.108. The number of benzene rings is 2. The second-order valence-corrected chi connectivity index (χ2v) is 6.35. The van der Waals surface area contributed by atoms with E-state index in [9.17, 15) is 4.79 Å². The Morgan fingerprint density at radius 2 is 1.80 bits per heavy atom. The molecule has 1 N–H and O–H groups in total. The first-order valence-corrected chi connectivity index (χ1v) is 8.36. The van der Waals surface area contributed by atoms with E-state index in [1.54, 1.807) is 6.92 Å². The normalized spacial score (nSPS) is 12.0. The van der Waals surface area contributed by atoms with Gasteiger partial charge in [-0.25, -0.2) is 4.98 Å². The highest BCUT2D eigenvalue weighted by Crippen LogP contribution is 2.23. The molecule has 3 rings (SSSR count). The van der Waals surface area contributed by atoms with Crippen molar-refractivity contribution in [2.75, 3.05) is 0 Å². The summed E-state index contributed by atoms with van der Waals surface area (Å²) >= 11 is 0. The number of oxazole rings is 1. The van der Waals surface area contributed by atoms with Crippen LogP contribution in [0.3, 0.4) is 0 Å². The SMILES string of the molecule is Cc1ccc(C)c(C(C)NC(=O)c2nc(-c3ccccc3)oc2C)c1. The number of carbonyl (C=O) groups excluding carboxylic acids is 1. The van der Waals surface area contributed by atoms with E-state index in [0.717, 1.165) is 16.7 Å². The van der Waals surface area contributed by atoms with Crippen LogP contribution in [0.15, 0.2) is 52.9 Å². The van der Waals surface area contributed by atoms with Crippen molar-refractivity contribution >= 4 is 5.91 Å². The molecule has 25 heavy (non-hydrogen) atoms. The molecule has 0 fully saturated rings. The van der Waals surface area contributed by atoms with Crippen molar-refractivity contribution in [3.8, 4) is 11.5 Å². The second-order valence-electron chi connectivity index (χ2n) is 6.35. The molecule has 3 aromatic rings. The van der Waals surface area contributed by atoms with Crippen LogP contribution in [0.2, 0.25) is 0 Å². The molecule has 2 aromatic carbocycles. The molecular formula is C21H22N2O2. The fourth-order valence-electron chi connectivity index (χ4n) is 2.88. The molecular weight excluding hydrogens is 312 g/mol. The Balaban J connectivity index is 1.82. The first-order chi connectivity index (χ1) is 12.0. The summed E-state index contributed by atoms with van der Waals surface area (Å²) in [6, 6.07) is 15.7. The molecule has 0 radical (unpaired) electrons. The number of nitrogens with one attached hydrogen (secondary N) is 1. The summed E-state index contributed by atoms with van der Waals surface area (Å²) in [6.45, 7) is 7.84. The maximum absolute atomic E-state index is 12.7. The molecule has 1 aromatic heterocycles. The van der Waals surface area contributed by atoms with E-state index in [4.69, 9.17) is 4.42 Å². The lowest BCUT2D eigenvalue weighted by Crippen LogP contribution is -2.28. The van der Waals surface area contributed by atoms with Crippen LogP contribution in [0.1, 0.15) is 45.9 Å². The maximum atomic E-state index is 12.7. The first kappa shape index (κ1) is 17.0. The lowest BCUT2D eigenvalue weighted by atomic mass is 10.00. The van der Waals surface area contributed by atoms with E-state index < -0.39 is 0 Å². The molecule has 1 heterocycles. The number of aromatic nitrogens is 1. The molecule has 0 aliphatic carbocycles. The average Bonchev–Trinajstić information content (AvgIpc) is 2.99. The predicted molar refractivity (Wildman–Crippen MR) is 98.5 cm³/mol. The largest absolute Gasteiger partial charge is 0.441 e. The van der Waals surface area contributed by atoms with E-state index in [1.807, 2.05) is 51.1 Å². The van der Waals surface area contributed by atoms with Crippen LogP contribution in [-0.4, -0.2) is 10.9 Å². The van der Waals surface area contributed by atoms with Gasteiger partial charge < -0.3 is 9.73 Å². The van der Waals surface area contributed by atoms with Crippen molar-refractivity contribution in [3.63, 3.8) is 0 Å². The Bertz CT molecular complexity index is 898. The number of rotatable bonds is 4. The number of nitrogens with zero attached hydrogens (tertiary/aromatic N) is 1. The highest BCUT2D eigenvalue weighted by molar-refractivity contribution is 5.94. The smallest absolute Gasteiger partial charge is 0.274 e. The molecule has 4 nitrogen and oxygen atoms in total. The van der Waals surface area contributed by atoms with Gasteiger partial charge in [0.25, 0.3) is 5.91 Å². The third-order valence-electron chi connectivity index (χ3n) is 4.28. The average molecular weight is 334 g/mol. The summed E-state index contributed by atoms with van der Waals surface area (Å²) in [4.78, 5) is 17.0. The van der Waals surface area contributed by atoms with Crippen molar-refractivity contribution in [1.29, 1.82) is 0 Å². The van der Waals surface area contributed by atoms with E-state index >= 15 is 0 Å². The van der Waals surface area contributed by atoms with Gasteiger partial charge in [-0.1, -0.05) is 42.0 Å². The molecule has 0 aliphatic heterocycles. The Kier molecular flexibility index (Phi) is 4.70. The summed E-state index contributed by atoms with van der Waals surface area (Å²) < 4.78 is 5.68. The second kappa shape index (κ2) is 6.93. The van der Waals surface area contributed by atoms with E-state index in [-0.39, 0.29) is 11.9 Å². The fourth-order valence-corrected chi connectivity index (χ4v) is 2.88. The predicted octanol–water partition coefficient (Wildman–Crippen LogP) is 4.76. The molecule has 1 unspecified atom stereocenters. The van der Waals surface area contributed by atoms with Crippen molar-refractivity contribution < 1.29 is 9.21 Å². The van der Waals surface area contributed by atoms with Crippen LogP contribution in [0.25, 0.3) is 11.5 Å². The van der Waals surface area contributed by atoms with Gasteiger partial charge >= 0.3 is 0 Å². The van der Waals surface area contributed by atoms with Gasteiger partial charge in [0, 0.05) is 5.56 Å². The molecule has 0 spiro atoms. The first-order valence-electron chi connectivity index (χ1n) is 8.36. The standard InChI is InChI=1S/C21H22N2O2/c1-13-10-11-14(2)18(12-13)15(3)22-20(24)19-16(4)25-21(23-19)17-8-6-5-7-9-17/h5-12,15H,1-4H3,(H,22,24). The molecule has 1 amide bonds. The van der Waals surface area contributed by atoms with E-state index in [2.05, 4.69) is 28.5 Å². The zero-order valence-electron chi connectivity index (χ0n) is 15.0. The van der Waals surface area contributed by atoms with Crippen molar-refractivity contribution in [3.05, 3.63) is 76.7 Å². The monoisotopic (exact) mass is 334 g/mol. The van der Waals surface area contributed by atoms with Crippen molar-refractivity contribution in [2.24, 2.45) is 0 Å². The van der Waals surface area contributed by atoms with Crippen molar-refractivity contribution in [1.82, 2.24) is 10.3 Å². The van der Waals surface area contributed by atoms with E-state index in [1.165, 1.54) is 5.56 Å². The highest BCUT2D eigenvalue weighted by Gasteiger charge is 2.20. The minimum Gasteiger partial charge on any atom is -0.441 e. The third-order valence-corrected chi connectivity index (χ3v) is 4.28. The highest BCUT2D eigenvalue weighted by atomic mass is 16.4. The zero-order valence-corrected chi connectivity index (χ0v) is 15.0. The van der Waals surface area contributed by atoms with Gasteiger partial charge in [0.05, 0.1) is 6.04 Å². The number of hydrogen-bond acceptors (Lipinski definition) is 3. The number of aryl methyl sites for hydroxylation is 3. The zero-order chi connectivity index (χ0) is 18.0. The molecule has 128 valence electrons. The van der Waals surface area contributed by atoms with Gasteiger partial charge in [-0.15, -0.1) is 0 Å². The third kappa shape index (κ3) is 3.63. The van der Waals surface area contributed by atoms with Gasteiger partial charge in [0.15, 0.2) is 5.69 Å². The summed E-state index contributed by atoms with van der Waals surface area (Å²) in [7, 11) is 0. The Morgan fingerprint density at radius 3 is 2.52 bits per heavy atom. The Morgan fingerprint density at radius 1 is 1.08 bits per heavy atom. The quantitative estimate of drug-likeness (QED) is 0.748. The van der Waals surface area contributed by atoms with E-state index in [0.29, 0.717) is 17.3 Å². The van der Waals surface area contributed by atoms with Crippen LogP contribution in [0.5, 0.6) is 0 Å². The summed E-state index contributed by atoms with van der Waals surface area (Å²) in [5.74, 6) is 0.754. The van der Waals surface area contributed by atoms with Gasteiger partial charge in [0.2, 0.25) is 5.89 Å². The lowest BCUT2D eigenvalue weighted by molar-refractivity contribution is 0.0934. The van der Waals surface area contributed by atoms with Crippen LogP contribution in [-0.2, 0) is 0 Å². The van der Waals surface area contributed by atoms with Crippen LogP contribution < -0.4 is 5.32 Å². The molecule has 4 heteroatoms.